The fraction of sp³-hybridized carbons (Fsp3) is 0.111. The summed E-state index contributed by atoms with van der Waals surface area (Å²) >= 11 is 6.06. The van der Waals surface area contributed by atoms with Gasteiger partial charge in [0.2, 0.25) is 15.0 Å². The Hall–Kier alpha value is -3.23. The Morgan fingerprint density at radius 2 is 1.76 bits per heavy atom. The lowest BCUT2D eigenvalue weighted by atomic mass is 10.3. The van der Waals surface area contributed by atoms with Gasteiger partial charge in [-0.15, -0.1) is 0 Å². The lowest BCUT2D eigenvalue weighted by molar-refractivity contribution is 0.585. The molecule has 10 nitrogen and oxygen atoms in total. The molecule has 1 N–H and O–H groups in total. The van der Waals surface area contributed by atoms with Gasteiger partial charge in [0.1, 0.15) is 28.7 Å². The summed E-state index contributed by atoms with van der Waals surface area (Å²) < 4.78 is 77.5. The van der Waals surface area contributed by atoms with Gasteiger partial charge in [0.15, 0.2) is 20.7 Å². The molecule has 0 aliphatic carbocycles. The van der Waals surface area contributed by atoms with Crippen LogP contribution >= 0.6 is 11.6 Å². The predicted molar refractivity (Wildman–Crippen MR) is 115 cm³/mol. The number of hydrogen-bond acceptors (Lipinski definition) is 9. The highest BCUT2D eigenvalue weighted by Crippen LogP contribution is 2.30. The van der Waals surface area contributed by atoms with Gasteiger partial charge in [0, 0.05) is 24.8 Å². The highest BCUT2D eigenvalue weighted by atomic mass is 35.5. The standard InChI is InChI=1S/C18H13ClF2N6O4S2/c1-32(28,29)14-6-13(24-18(25-14)33(2,30)31)23-17-9-8-27(26-15(9)12(21)7-22-17)16-10(19)4-3-5-11(16)20/h3-8H,1-2H3,(H,22,23,24,25). The SMILES string of the molecule is CS(=O)(=O)c1cc(Nc2ncc(F)c3nn(-c4c(F)cccc4Cl)cc23)nc(S(C)(=O)=O)n1. The summed E-state index contributed by atoms with van der Waals surface area (Å²) in [6.07, 6.45) is 3.76. The maximum atomic E-state index is 14.4. The van der Waals surface area contributed by atoms with Crippen molar-refractivity contribution in [2.24, 2.45) is 0 Å². The highest BCUT2D eigenvalue weighted by Gasteiger charge is 2.21. The number of para-hydroxylation sites is 1. The Morgan fingerprint density at radius 3 is 2.39 bits per heavy atom. The zero-order valence-corrected chi connectivity index (χ0v) is 19.2. The molecule has 0 saturated carbocycles. The average molecular weight is 515 g/mol. The Kier molecular flexibility index (Phi) is 5.54. The van der Waals surface area contributed by atoms with Crippen molar-refractivity contribution in [3.8, 4) is 5.69 Å². The first kappa shape index (κ1) is 22.9. The van der Waals surface area contributed by atoms with Crippen molar-refractivity contribution < 1.29 is 25.6 Å². The van der Waals surface area contributed by atoms with Crippen molar-refractivity contribution in [1.29, 1.82) is 0 Å². The van der Waals surface area contributed by atoms with Gasteiger partial charge in [-0.2, -0.15) is 5.10 Å². The second-order valence-corrected chi connectivity index (χ2v) is 11.2. The van der Waals surface area contributed by atoms with E-state index in [4.69, 9.17) is 11.6 Å². The molecule has 0 atom stereocenters. The molecule has 3 heterocycles. The fourth-order valence-electron chi connectivity index (χ4n) is 2.84. The van der Waals surface area contributed by atoms with Crippen LogP contribution in [0.15, 0.2) is 46.8 Å². The van der Waals surface area contributed by atoms with Crippen LogP contribution in [0.3, 0.4) is 0 Å². The van der Waals surface area contributed by atoms with Crippen molar-refractivity contribution in [3.05, 3.63) is 53.3 Å². The van der Waals surface area contributed by atoms with Crippen LogP contribution in [0.5, 0.6) is 0 Å². The van der Waals surface area contributed by atoms with E-state index in [0.717, 1.165) is 35.5 Å². The first-order valence-electron chi connectivity index (χ1n) is 8.89. The molecule has 0 aliphatic rings. The van der Waals surface area contributed by atoms with Gasteiger partial charge in [-0.1, -0.05) is 17.7 Å². The van der Waals surface area contributed by atoms with Crippen LogP contribution in [0, 0.1) is 11.6 Å². The minimum atomic E-state index is -3.97. The number of benzene rings is 1. The molecule has 15 heteroatoms. The van der Waals surface area contributed by atoms with Gasteiger partial charge < -0.3 is 5.32 Å². The number of anilines is 2. The number of halogens is 3. The smallest absolute Gasteiger partial charge is 0.249 e. The molecule has 0 fully saturated rings. The number of nitrogens with one attached hydrogen (secondary N) is 1. The van der Waals surface area contributed by atoms with Crippen LogP contribution in [0.4, 0.5) is 20.4 Å². The number of aromatic nitrogens is 5. The van der Waals surface area contributed by atoms with E-state index in [1.807, 2.05) is 0 Å². The van der Waals surface area contributed by atoms with E-state index < -0.39 is 41.5 Å². The molecule has 0 amide bonds. The first-order valence-corrected chi connectivity index (χ1v) is 13.0. The number of pyridine rings is 1. The molecule has 0 spiro atoms. The van der Waals surface area contributed by atoms with Gasteiger partial charge in [0.25, 0.3) is 0 Å². The summed E-state index contributed by atoms with van der Waals surface area (Å²) in [4.78, 5) is 11.3. The third-order valence-corrected chi connectivity index (χ3v) is 6.43. The number of rotatable bonds is 5. The Balaban J connectivity index is 1.89. The summed E-state index contributed by atoms with van der Waals surface area (Å²) in [5, 5.41) is 5.49. The molecule has 0 bridgehead atoms. The van der Waals surface area contributed by atoms with E-state index in [1.54, 1.807) is 0 Å². The lowest BCUT2D eigenvalue weighted by Gasteiger charge is -2.09. The Bertz CT molecular complexity index is 1570. The third kappa shape index (κ3) is 4.49. The maximum Gasteiger partial charge on any atom is 0.249 e. The molecular weight excluding hydrogens is 502 g/mol. The Labute approximate surface area is 191 Å². The van der Waals surface area contributed by atoms with Crippen LogP contribution in [0.2, 0.25) is 5.02 Å². The molecule has 0 radical (unpaired) electrons. The zero-order valence-electron chi connectivity index (χ0n) is 16.8. The van der Waals surface area contributed by atoms with Gasteiger partial charge in [-0.25, -0.2) is 45.3 Å². The second kappa shape index (κ2) is 7.97. The number of hydrogen-bond donors (Lipinski definition) is 1. The summed E-state index contributed by atoms with van der Waals surface area (Å²) in [6, 6.07) is 4.98. The molecule has 172 valence electrons. The van der Waals surface area contributed by atoms with Crippen molar-refractivity contribution >= 4 is 53.8 Å². The summed E-state index contributed by atoms with van der Waals surface area (Å²) in [6.45, 7) is 0. The topological polar surface area (TPSA) is 137 Å². The van der Waals surface area contributed by atoms with Gasteiger partial charge in [-0.05, 0) is 12.1 Å². The lowest BCUT2D eigenvalue weighted by Crippen LogP contribution is -2.11. The average Bonchev–Trinajstić information content (AvgIpc) is 3.14. The largest absolute Gasteiger partial charge is 0.324 e. The van der Waals surface area contributed by atoms with Crippen molar-refractivity contribution in [1.82, 2.24) is 24.7 Å². The van der Waals surface area contributed by atoms with Crippen molar-refractivity contribution in [2.75, 3.05) is 17.8 Å². The third-order valence-electron chi connectivity index (χ3n) is 4.31. The normalized spacial score (nSPS) is 12.3. The monoisotopic (exact) mass is 514 g/mol. The van der Waals surface area contributed by atoms with Gasteiger partial charge in [0.05, 0.1) is 16.6 Å². The predicted octanol–water partition coefficient (Wildman–Crippen LogP) is 2.69. The van der Waals surface area contributed by atoms with Crippen LogP contribution in [-0.2, 0) is 19.7 Å². The van der Waals surface area contributed by atoms with Crippen LogP contribution in [-0.4, -0.2) is 54.1 Å². The van der Waals surface area contributed by atoms with E-state index in [9.17, 15) is 25.6 Å². The number of sulfone groups is 2. The number of fused-ring (bicyclic) bond motifs is 1. The zero-order chi connectivity index (χ0) is 24.1. The molecular formula is C18H13ClF2N6O4S2. The quantitative estimate of drug-likeness (QED) is 0.314. The molecule has 0 aliphatic heterocycles. The van der Waals surface area contributed by atoms with Crippen molar-refractivity contribution in [3.63, 3.8) is 0 Å². The van der Waals surface area contributed by atoms with Gasteiger partial charge in [-0.3, -0.25) is 0 Å². The number of nitrogens with zero attached hydrogens (tertiary/aromatic N) is 5. The van der Waals surface area contributed by atoms with E-state index in [0.29, 0.717) is 0 Å². The maximum absolute atomic E-state index is 14.4. The summed E-state index contributed by atoms with van der Waals surface area (Å²) in [5.74, 6) is -1.81. The van der Waals surface area contributed by atoms with Crippen LogP contribution in [0.1, 0.15) is 0 Å². The van der Waals surface area contributed by atoms with Gasteiger partial charge >= 0.3 is 0 Å². The van der Waals surface area contributed by atoms with Crippen LogP contribution in [0.25, 0.3) is 16.6 Å². The first-order chi connectivity index (χ1) is 15.3. The van der Waals surface area contributed by atoms with E-state index in [-0.39, 0.29) is 33.2 Å². The van der Waals surface area contributed by atoms with E-state index in [1.165, 1.54) is 18.3 Å². The summed E-state index contributed by atoms with van der Waals surface area (Å²) in [7, 11) is -7.87. The second-order valence-electron chi connectivity index (χ2n) is 6.90. The summed E-state index contributed by atoms with van der Waals surface area (Å²) in [5.41, 5.74) is -0.325. The molecule has 4 aromatic rings. The minimum Gasteiger partial charge on any atom is -0.324 e. The molecule has 0 unspecified atom stereocenters. The molecule has 3 aromatic heterocycles. The fourth-order valence-corrected chi connectivity index (χ4v) is 4.26. The Morgan fingerprint density at radius 1 is 1.03 bits per heavy atom. The highest BCUT2D eigenvalue weighted by molar-refractivity contribution is 7.91. The molecule has 4 rings (SSSR count). The molecule has 1 aromatic carbocycles. The molecule has 33 heavy (non-hydrogen) atoms. The minimum absolute atomic E-state index is 0.0251. The van der Waals surface area contributed by atoms with E-state index >= 15 is 0 Å². The molecule has 0 saturated heterocycles. The van der Waals surface area contributed by atoms with E-state index in [2.05, 4.69) is 25.4 Å². The van der Waals surface area contributed by atoms with Crippen LogP contribution < -0.4 is 5.32 Å². The van der Waals surface area contributed by atoms with Crippen molar-refractivity contribution in [2.45, 2.75) is 10.2 Å².